The number of aryl methyl sites for hydroxylation is 2. The zero-order valence-electron chi connectivity index (χ0n) is 14.9. The van der Waals surface area contributed by atoms with Gasteiger partial charge in [0.15, 0.2) is 5.82 Å². The van der Waals surface area contributed by atoms with E-state index in [1.54, 1.807) is 14.0 Å². The van der Waals surface area contributed by atoms with Crippen LogP contribution in [0.4, 0.5) is 4.39 Å². The molecule has 0 aliphatic carbocycles. The normalized spacial score (nSPS) is 14.9. The molecule has 0 amide bonds. The summed E-state index contributed by atoms with van der Waals surface area (Å²) < 4.78 is 14.7. The Hall–Kier alpha value is -2.91. The van der Waals surface area contributed by atoms with Gasteiger partial charge in [0.2, 0.25) is 0 Å². The van der Waals surface area contributed by atoms with Gasteiger partial charge in [-0.25, -0.2) is 9.07 Å². The van der Waals surface area contributed by atoms with E-state index in [0.717, 1.165) is 6.07 Å². The van der Waals surface area contributed by atoms with E-state index in [0.29, 0.717) is 22.5 Å². The Kier molecular flexibility index (Phi) is 6.54. The topological polar surface area (TPSA) is 121 Å². The molecule has 27 heavy (non-hydrogen) atoms. The first kappa shape index (κ1) is 20.4. The average Bonchev–Trinajstić information content (AvgIpc) is 3.00. The van der Waals surface area contributed by atoms with Gasteiger partial charge in [0.1, 0.15) is 11.7 Å². The lowest BCUT2D eigenvalue weighted by Crippen LogP contribution is -2.29. The molecule has 8 nitrogen and oxygen atoms in total. The number of hydrogen-bond acceptors (Lipinski definition) is 6. The van der Waals surface area contributed by atoms with Crippen LogP contribution in [0.25, 0.3) is 5.57 Å². The zero-order valence-corrected chi connectivity index (χ0v) is 14.9. The molecule has 1 aromatic heterocycles. The molecule has 0 spiro atoms. The number of aliphatic hydroxyl groups is 2. The number of carboxylic acids is 1. The van der Waals surface area contributed by atoms with Crippen molar-refractivity contribution >= 4 is 11.5 Å². The van der Waals surface area contributed by atoms with E-state index in [1.807, 2.05) is 0 Å². The Morgan fingerprint density at radius 2 is 2.11 bits per heavy atom. The van der Waals surface area contributed by atoms with Crippen LogP contribution in [0.2, 0.25) is 0 Å². The number of aromatic nitrogens is 4. The second-order valence-corrected chi connectivity index (χ2v) is 6.20. The number of carbonyl (C=O) groups is 1. The molecule has 0 fully saturated rings. The van der Waals surface area contributed by atoms with Gasteiger partial charge in [-0.3, -0.25) is 4.79 Å². The van der Waals surface area contributed by atoms with Crippen molar-refractivity contribution in [1.29, 1.82) is 0 Å². The van der Waals surface area contributed by atoms with E-state index in [2.05, 4.69) is 22.1 Å². The molecule has 0 radical (unpaired) electrons. The molecule has 1 aromatic carbocycles. The van der Waals surface area contributed by atoms with Gasteiger partial charge in [-0.15, -0.1) is 5.10 Å². The third-order valence-corrected chi connectivity index (χ3v) is 4.13. The van der Waals surface area contributed by atoms with Crippen LogP contribution in [0.5, 0.6) is 0 Å². The van der Waals surface area contributed by atoms with Gasteiger partial charge >= 0.3 is 5.97 Å². The van der Waals surface area contributed by atoms with Crippen molar-refractivity contribution < 1.29 is 24.5 Å². The number of nitrogens with zero attached hydrogens (tertiary/aromatic N) is 4. The molecule has 0 saturated carbocycles. The molecule has 0 saturated heterocycles. The van der Waals surface area contributed by atoms with Gasteiger partial charge in [0, 0.05) is 19.0 Å². The number of aliphatic hydroxyl groups excluding tert-OH is 2. The van der Waals surface area contributed by atoms with E-state index in [9.17, 15) is 24.5 Å². The number of carboxylic acid groups (broad SMARTS) is 1. The first-order valence-electron chi connectivity index (χ1n) is 8.15. The lowest BCUT2D eigenvalue weighted by molar-refractivity contribution is -0.142. The average molecular weight is 376 g/mol. The summed E-state index contributed by atoms with van der Waals surface area (Å²) in [5, 5.41) is 40.9. The third-order valence-electron chi connectivity index (χ3n) is 4.13. The second-order valence-electron chi connectivity index (χ2n) is 6.20. The van der Waals surface area contributed by atoms with Crippen LogP contribution in [0.15, 0.2) is 36.9 Å². The predicted octanol–water partition coefficient (Wildman–Crippen LogP) is 1.21. The van der Waals surface area contributed by atoms with Crippen LogP contribution in [0, 0.1) is 12.7 Å². The fourth-order valence-electron chi connectivity index (χ4n) is 2.76. The van der Waals surface area contributed by atoms with Gasteiger partial charge in [-0.05, 0) is 40.6 Å². The summed E-state index contributed by atoms with van der Waals surface area (Å²) in [4.78, 5) is 11.6. The van der Waals surface area contributed by atoms with Crippen LogP contribution in [0.3, 0.4) is 0 Å². The highest BCUT2D eigenvalue weighted by Gasteiger charge is 2.30. The monoisotopic (exact) mass is 376 g/mol. The molecule has 2 aromatic rings. The van der Waals surface area contributed by atoms with Crippen molar-refractivity contribution in [3.8, 4) is 0 Å². The van der Waals surface area contributed by atoms with E-state index >= 15 is 0 Å². The summed E-state index contributed by atoms with van der Waals surface area (Å²) in [6.07, 6.45) is 0.129. The molecule has 0 aliphatic heterocycles. The zero-order chi connectivity index (χ0) is 20.1. The maximum absolute atomic E-state index is 13.3. The van der Waals surface area contributed by atoms with Gasteiger partial charge in [-0.2, -0.15) is 0 Å². The Morgan fingerprint density at radius 1 is 1.41 bits per heavy atom. The van der Waals surface area contributed by atoms with Crippen LogP contribution in [-0.4, -0.2) is 53.7 Å². The molecule has 0 bridgehead atoms. The lowest BCUT2D eigenvalue weighted by Gasteiger charge is -2.22. The first-order valence-corrected chi connectivity index (χ1v) is 8.15. The van der Waals surface area contributed by atoms with Crippen molar-refractivity contribution in [2.24, 2.45) is 7.05 Å². The van der Waals surface area contributed by atoms with Gasteiger partial charge in [-0.1, -0.05) is 24.8 Å². The molecule has 0 aliphatic rings. The van der Waals surface area contributed by atoms with E-state index in [1.165, 1.54) is 29.0 Å². The maximum atomic E-state index is 13.3. The highest BCUT2D eigenvalue weighted by molar-refractivity contribution is 5.77. The molecule has 3 atom stereocenters. The molecule has 9 heteroatoms. The number of allylic oxidation sites excluding steroid dienone is 2. The summed E-state index contributed by atoms with van der Waals surface area (Å²) in [5.74, 6) is -2.64. The molecule has 2 rings (SSSR count). The Labute approximate surface area is 155 Å². The molecule has 3 N–H and O–H groups in total. The smallest absolute Gasteiger partial charge is 0.313 e. The van der Waals surface area contributed by atoms with Crippen molar-refractivity contribution in [3.05, 3.63) is 59.7 Å². The van der Waals surface area contributed by atoms with E-state index < -0.39 is 29.9 Å². The minimum absolute atomic E-state index is 0.228. The molecule has 144 valence electrons. The molecule has 1 heterocycles. The second kappa shape index (κ2) is 8.65. The van der Waals surface area contributed by atoms with Crippen molar-refractivity contribution in [3.63, 3.8) is 0 Å². The standard InChI is InChI=1S/C18H21FN4O4/c1-10(17-20-21-22-23(17)3)4-6-13(24)9-15(25)16(18(26)27)14-7-5-12(19)8-11(14)2/h4-8,13,15-16,24-25H,1,9H2,2-3H3,(H,26,27). The maximum Gasteiger partial charge on any atom is 0.313 e. The molecular formula is C18H21FN4O4. The number of halogens is 1. The van der Waals surface area contributed by atoms with Crippen molar-refractivity contribution in [2.45, 2.75) is 31.5 Å². The largest absolute Gasteiger partial charge is 0.481 e. The minimum Gasteiger partial charge on any atom is -0.481 e. The van der Waals surface area contributed by atoms with Gasteiger partial charge < -0.3 is 15.3 Å². The van der Waals surface area contributed by atoms with Crippen LogP contribution < -0.4 is 0 Å². The van der Waals surface area contributed by atoms with Crippen LogP contribution in [-0.2, 0) is 11.8 Å². The van der Waals surface area contributed by atoms with Gasteiger partial charge in [0.05, 0.1) is 12.2 Å². The Bertz CT molecular complexity index is 865. The molecular weight excluding hydrogens is 355 g/mol. The van der Waals surface area contributed by atoms with Crippen molar-refractivity contribution in [1.82, 2.24) is 20.2 Å². The van der Waals surface area contributed by atoms with E-state index in [4.69, 9.17) is 0 Å². The van der Waals surface area contributed by atoms with Crippen molar-refractivity contribution in [2.75, 3.05) is 0 Å². The number of rotatable bonds is 8. The summed E-state index contributed by atoms with van der Waals surface area (Å²) in [7, 11) is 1.64. The van der Waals surface area contributed by atoms with E-state index in [-0.39, 0.29) is 6.42 Å². The quantitative estimate of drug-likeness (QED) is 0.592. The summed E-state index contributed by atoms with van der Waals surface area (Å²) in [5.41, 5.74) is 1.15. The predicted molar refractivity (Wildman–Crippen MR) is 95.1 cm³/mol. The number of tetrazole rings is 1. The fraction of sp³-hybridized carbons (Fsp3) is 0.333. The third kappa shape index (κ3) is 5.05. The Morgan fingerprint density at radius 3 is 2.67 bits per heavy atom. The summed E-state index contributed by atoms with van der Waals surface area (Å²) in [6.45, 7) is 5.35. The SMILES string of the molecule is C=C(C=CC(O)CC(O)C(C(=O)O)c1ccc(F)cc1C)c1nnnn1C. The Balaban J connectivity index is 2.09. The minimum atomic E-state index is -1.38. The first-order chi connectivity index (χ1) is 12.7. The van der Waals surface area contributed by atoms with Crippen LogP contribution >= 0.6 is 0 Å². The fourth-order valence-corrected chi connectivity index (χ4v) is 2.76. The number of hydrogen-bond donors (Lipinski definition) is 3. The lowest BCUT2D eigenvalue weighted by atomic mass is 9.87. The summed E-state index contributed by atoms with van der Waals surface area (Å²) >= 11 is 0. The van der Waals surface area contributed by atoms with Crippen LogP contribution in [0.1, 0.15) is 29.3 Å². The van der Waals surface area contributed by atoms with Gasteiger partial charge in [0.25, 0.3) is 0 Å². The molecule has 3 unspecified atom stereocenters. The number of aliphatic carboxylic acids is 1. The summed E-state index contributed by atoms with van der Waals surface area (Å²) in [6, 6.07) is 3.67. The highest BCUT2D eigenvalue weighted by atomic mass is 19.1. The highest BCUT2D eigenvalue weighted by Crippen LogP contribution is 2.27. The number of benzene rings is 1.